The first-order valence-electron chi connectivity index (χ1n) is 9.15. The molecule has 0 fully saturated rings. The van der Waals surface area contributed by atoms with Crippen LogP contribution < -0.4 is 16.2 Å². The minimum Gasteiger partial charge on any atom is -0.496 e. The molecule has 166 valence electrons. The van der Waals surface area contributed by atoms with E-state index in [1.807, 2.05) is 0 Å². The van der Waals surface area contributed by atoms with Gasteiger partial charge in [-0.25, -0.2) is 14.4 Å². The van der Waals surface area contributed by atoms with Gasteiger partial charge in [-0.05, 0) is 12.1 Å². The highest BCUT2D eigenvalue weighted by molar-refractivity contribution is 5.98. The number of nitrogens with two attached hydrogens (primary N) is 2. The predicted molar refractivity (Wildman–Crippen MR) is 107 cm³/mol. The van der Waals surface area contributed by atoms with Gasteiger partial charge in [-0.2, -0.15) is 18.3 Å². The molecule has 1 amide bonds. The zero-order valence-corrected chi connectivity index (χ0v) is 16.4. The van der Waals surface area contributed by atoms with Crippen molar-refractivity contribution in [1.29, 1.82) is 0 Å². The molecule has 0 saturated heterocycles. The van der Waals surface area contributed by atoms with E-state index >= 15 is 4.39 Å². The molecule has 3 aromatic rings. The average molecular weight is 448 g/mol. The number of ether oxygens (including phenoxy) is 1. The van der Waals surface area contributed by atoms with Gasteiger partial charge < -0.3 is 16.2 Å². The molecule has 32 heavy (non-hydrogen) atoms. The minimum absolute atomic E-state index is 0.0237. The number of hydrogen-bond donors (Lipinski definition) is 3. The molecule has 2 unspecified atom stereocenters. The van der Waals surface area contributed by atoms with Crippen molar-refractivity contribution in [3.05, 3.63) is 53.9 Å². The van der Waals surface area contributed by atoms with Gasteiger partial charge in [0, 0.05) is 11.1 Å². The number of rotatable bonds is 4. The first-order valence-corrected chi connectivity index (χ1v) is 9.15. The van der Waals surface area contributed by atoms with E-state index in [1.165, 1.54) is 31.6 Å². The van der Waals surface area contributed by atoms with Crippen molar-refractivity contribution >= 4 is 22.8 Å². The van der Waals surface area contributed by atoms with Gasteiger partial charge in [0.15, 0.2) is 5.65 Å². The van der Waals surface area contributed by atoms with E-state index in [0.717, 1.165) is 6.08 Å². The van der Waals surface area contributed by atoms with Crippen LogP contribution in [0.4, 0.5) is 23.4 Å². The lowest BCUT2D eigenvalue weighted by Gasteiger charge is -2.34. The summed E-state index contributed by atoms with van der Waals surface area (Å²) in [7, 11) is 1.27. The van der Waals surface area contributed by atoms with Crippen LogP contribution in [0.1, 0.15) is 5.56 Å². The van der Waals surface area contributed by atoms with E-state index in [-0.39, 0.29) is 17.1 Å². The van der Waals surface area contributed by atoms with E-state index in [2.05, 4.69) is 20.2 Å². The van der Waals surface area contributed by atoms with Gasteiger partial charge in [-0.1, -0.05) is 24.3 Å². The number of hydrogen-bond acceptors (Lipinski definition) is 6. The Morgan fingerprint density at radius 1 is 1.28 bits per heavy atom. The number of allylic oxidation sites excluding steroid dienone is 3. The third-order valence-electron chi connectivity index (χ3n) is 5.34. The molecule has 1 aliphatic rings. The molecule has 0 bridgehead atoms. The van der Waals surface area contributed by atoms with Crippen LogP contribution in [0.2, 0.25) is 0 Å². The van der Waals surface area contributed by atoms with Gasteiger partial charge in [0.25, 0.3) is 0 Å². The minimum atomic E-state index is -4.78. The number of amides is 1. The lowest BCUT2D eigenvalue weighted by Crippen LogP contribution is -2.48. The van der Waals surface area contributed by atoms with Crippen molar-refractivity contribution in [2.75, 3.05) is 12.8 Å². The van der Waals surface area contributed by atoms with Crippen LogP contribution in [-0.2, 0) is 10.2 Å². The normalized spacial score (nSPS) is 20.9. The third-order valence-corrected chi connectivity index (χ3v) is 5.34. The van der Waals surface area contributed by atoms with Gasteiger partial charge >= 0.3 is 6.18 Å². The van der Waals surface area contributed by atoms with Crippen LogP contribution in [-0.4, -0.2) is 45.5 Å². The summed E-state index contributed by atoms with van der Waals surface area (Å²) in [5.41, 5.74) is 9.19. The Hall–Kier alpha value is -3.96. The van der Waals surface area contributed by atoms with Crippen molar-refractivity contribution in [1.82, 2.24) is 20.2 Å². The van der Waals surface area contributed by atoms with Crippen LogP contribution in [0, 0.1) is 0 Å². The summed E-state index contributed by atoms with van der Waals surface area (Å²) >= 11 is 0. The number of carbonyl (C=O) groups excluding carboxylic acids is 1. The van der Waals surface area contributed by atoms with Gasteiger partial charge in [0.2, 0.25) is 5.91 Å². The lowest BCUT2D eigenvalue weighted by molar-refractivity contribution is -0.123. The number of primary amides is 1. The first kappa shape index (κ1) is 21.3. The van der Waals surface area contributed by atoms with Crippen molar-refractivity contribution in [3.8, 4) is 17.0 Å². The summed E-state index contributed by atoms with van der Waals surface area (Å²) in [4.78, 5) is 20.3. The van der Waals surface area contributed by atoms with E-state index in [4.69, 9.17) is 16.2 Å². The highest BCUT2D eigenvalue weighted by atomic mass is 19.4. The maximum Gasteiger partial charge on any atom is 0.416 e. The van der Waals surface area contributed by atoms with E-state index < -0.39 is 29.2 Å². The zero-order valence-electron chi connectivity index (χ0n) is 16.4. The summed E-state index contributed by atoms with van der Waals surface area (Å²) in [6.45, 7) is 0. The maximum atomic E-state index is 15.1. The molecule has 0 aliphatic heterocycles. The number of anilines is 1. The fourth-order valence-corrected chi connectivity index (χ4v) is 3.71. The summed E-state index contributed by atoms with van der Waals surface area (Å²) in [5, 5.41) is 7.27. The van der Waals surface area contributed by atoms with E-state index in [9.17, 15) is 18.0 Å². The second-order valence-electron chi connectivity index (χ2n) is 7.06. The number of aromatic nitrogens is 4. The second kappa shape index (κ2) is 7.32. The molecule has 2 heterocycles. The number of methoxy groups -OCH3 is 1. The number of nitrogens with one attached hydrogen (secondary N) is 1. The molecule has 5 N–H and O–H groups in total. The molecule has 1 aliphatic carbocycles. The number of carbonyl (C=O) groups is 1. The van der Waals surface area contributed by atoms with E-state index in [1.54, 1.807) is 0 Å². The summed E-state index contributed by atoms with van der Waals surface area (Å²) in [6, 6.07) is 4.32. The number of H-pyrrole nitrogens is 1. The highest BCUT2D eigenvalue weighted by Crippen LogP contribution is 2.44. The monoisotopic (exact) mass is 448 g/mol. The van der Waals surface area contributed by atoms with Crippen molar-refractivity contribution in [2.24, 2.45) is 5.73 Å². The topological polar surface area (TPSA) is 133 Å². The number of nitrogen functional groups attached to an aromatic ring is 1. The lowest BCUT2D eigenvalue weighted by atomic mass is 9.71. The zero-order chi connectivity index (χ0) is 23.3. The fraction of sp³-hybridized carbons (Fsp3) is 0.200. The smallest absolute Gasteiger partial charge is 0.416 e. The van der Waals surface area contributed by atoms with E-state index in [0.29, 0.717) is 34.4 Å². The molecule has 8 nitrogen and oxygen atoms in total. The Labute approximate surface area is 178 Å². The maximum absolute atomic E-state index is 15.1. The van der Waals surface area contributed by atoms with Crippen LogP contribution >= 0.6 is 0 Å². The number of alkyl halides is 4. The van der Waals surface area contributed by atoms with Crippen molar-refractivity contribution in [2.45, 2.75) is 17.8 Å². The first-order chi connectivity index (χ1) is 15.1. The Bertz CT molecular complexity index is 1280. The van der Waals surface area contributed by atoms with Crippen LogP contribution in [0.5, 0.6) is 5.75 Å². The van der Waals surface area contributed by atoms with Crippen LogP contribution in [0.3, 0.4) is 0 Å². The van der Waals surface area contributed by atoms with Gasteiger partial charge in [0.1, 0.15) is 29.5 Å². The Morgan fingerprint density at radius 2 is 2.03 bits per heavy atom. The third kappa shape index (κ3) is 3.15. The predicted octanol–water partition coefficient (Wildman–Crippen LogP) is 2.73. The highest BCUT2D eigenvalue weighted by Gasteiger charge is 2.49. The van der Waals surface area contributed by atoms with Gasteiger partial charge in [0.05, 0.1) is 23.8 Å². The molecular formula is C20H16F4N6O2. The molecule has 1 aromatic carbocycles. The number of aromatic amines is 1. The summed E-state index contributed by atoms with van der Waals surface area (Å²) < 4.78 is 59.6. The molecule has 12 heteroatoms. The van der Waals surface area contributed by atoms with Gasteiger partial charge in [-0.15, -0.1) is 0 Å². The summed E-state index contributed by atoms with van der Waals surface area (Å²) in [6.07, 6.45) is -4.12. The largest absolute Gasteiger partial charge is 0.496 e. The second-order valence-corrected chi connectivity index (χ2v) is 7.06. The Balaban J connectivity index is 1.86. The number of nitrogens with zero attached hydrogens (tertiary/aromatic N) is 3. The fourth-order valence-electron chi connectivity index (χ4n) is 3.71. The quantitative estimate of drug-likeness (QED) is 0.526. The Morgan fingerprint density at radius 3 is 2.66 bits per heavy atom. The molecule has 2 aromatic heterocycles. The van der Waals surface area contributed by atoms with Gasteiger partial charge in [-0.3, -0.25) is 9.89 Å². The van der Waals surface area contributed by atoms with Crippen molar-refractivity contribution in [3.63, 3.8) is 0 Å². The average Bonchev–Trinajstić information content (AvgIpc) is 3.18. The SMILES string of the molecule is COc1cc(-c2[nH]nc3ncnc(N)c23)ccc1C1(C(N)=O)C=CC(C(F)(F)F)=CC1F. The number of halogens is 4. The molecule has 0 saturated carbocycles. The van der Waals surface area contributed by atoms with Crippen LogP contribution in [0.25, 0.3) is 22.3 Å². The molecule has 0 spiro atoms. The van der Waals surface area contributed by atoms with Crippen LogP contribution in [0.15, 0.2) is 48.3 Å². The molecule has 0 radical (unpaired) electrons. The standard InChI is InChI=1S/C20H16F4N6O2/c1-32-12-6-9(15-14-16(25)27-8-28-17(14)30-29-15)2-3-11(12)19(18(26)31)5-4-10(7-13(19)21)20(22,23)24/h2-8,13H,1H3,(H2,26,31)(H3,25,27,28,29,30). The number of fused-ring (bicyclic) bond motifs is 1. The Kier molecular flexibility index (Phi) is 4.87. The molecule has 2 atom stereocenters. The number of benzene rings is 1. The van der Waals surface area contributed by atoms with Crippen molar-refractivity contribution < 1.29 is 27.1 Å². The summed E-state index contributed by atoms with van der Waals surface area (Å²) in [5.74, 6) is -0.982. The molecular weight excluding hydrogens is 432 g/mol. The molecule has 4 rings (SSSR count).